The number of nitrogens with zero attached hydrogens (tertiary/aromatic N) is 1. The molecule has 1 N–H and O–H groups in total. The smallest absolute Gasteiger partial charge is 0.305 e. The molecule has 0 saturated heterocycles. The second-order valence-corrected chi connectivity index (χ2v) is 4.87. The summed E-state index contributed by atoms with van der Waals surface area (Å²) in [4.78, 5) is 12.9. The van der Waals surface area contributed by atoms with Crippen LogP contribution in [0.4, 0.5) is 5.69 Å². The molecule has 0 amide bonds. The fraction of sp³-hybridized carbons (Fsp3) is 0.500. The van der Waals surface area contributed by atoms with Crippen LogP contribution < -0.4 is 4.90 Å². The van der Waals surface area contributed by atoms with E-state index in [1.54, 1.807) is 0 Å². The van der Waals surface area contributed by atoms with Crippen LogP contribution in [0.1, 0.15) is 24.8 Å². The first-order valence-electron chi connectivity index (χ1n) is 6.18. The normalized spacial score (nSPS) is 14.6. The number of hydrogen-bond acceptors (Lipinski definition) is 2. The van der Waals surface area contributed by atoms with Crippen molar-refractivity contribution in [2.24, 2.45) is 5.92 Å². The summed E-state index contributed by atoms with van der Waals surface area (Å²) in [6.07, 6.45) is 2.78. The maximum Gasteiger partial charge on any atom is 0.305 e. The first-order valence-corrected chi connectivity index (χ1v) is 6.18. The number of carboxylic acids is 1. The average Bonchev–Trinajstić information content (AvgIpc) is 3.09. The molecule has 1 aromatic rings. The van der Waals surface area contributed by atoms with Gasteiger partial charge >= 0.3 is 5.97 Å². The number of hydrogen-bond donors (Lipinski definition) is 1. The van der Waals surface area contributed by atoms with E-state index in [9.17, 15) is 4.79 Å². The van der Waals surface area contributed by atoms with Crippen molar-refractivity contribution >= 4 is 11.7 Å². The van der Waals surface area contributed by atoms with Crippen LogP contribution in [-0.2, 0) is 4.79 Å². The van der Waals surface area contributed by atoms with E-state index in [0.29, 0.717) is 6.54 Å². The first kappa shape index (κ1) is 12.0. The van der Waals surface area contributed by atoms with Gasteiger partial charge in [-0.05, 0) is 37.8 Å². The van der Waals surface area contributed by atoms with Crippen LogP contribution in [0.2, 0.25) is 0 Å². The second kappa shape index (κ2) is 5.21. The van der Waals surface area contributed by atoms with Crippen LogP contribution in [0, 0.1) is 12.8 Å². The van der Waals surface area contributed by atoms with E-state index in [1.165, 1.54) is 18.4 Å². The summed E-state index contributed by atoms with van der Waals surface area (Å²) in [5.41, 5.74) is 2.38. The molecule has 1 saturated carbocycles. The molecule has 3 nitrogen and oxygen atoms in total. The van der Waals surface area contributed by atoms with Gasteiger partial charge in [0.05, 0.1) is 6.42 Å². The Morgan fingerprint density at radius 3 is 2.53 bits per heavy atom. The molecular weight excluding hydrogens is 214 g/mol. The summed E-state index contributed by atoms with van der Waals surface area (Å²) in [7, 11) is 0. The lowest BCUT2D eigenvalue weighted by Crippen LogP contribution is -2.28. The van der Waals surface area contributed by atoms with Gasteiger partial charge in [0.25, 0.3) is 0 Å². The van der Waals surface area contributed by atoms with Gasteiger partial charge in [0, 0.05) is 18.8 Å². The van der Waals surface area contributed by atoms with Crippen LogP contribution in [0.15, 0.2) is 24.3 Å². The summed E-state index contributed by atoms with van der Waals surface area (Å²) in [6, 6.07) is 8.32. The topological polar surface area (TPSA) is 40.5 Å². The van der Waals surface area contributed by atoms with Crippen molar-refractivity contribution in [1.82, 2.24) is 0 Å². The predicted octanol–water partition coefficient (Wildman–Crippen LogP) is 2.69. The van der Waals surface area contributed by atoms with Gasteiger partial charge in [-0.3, -0.25) is 4.79 Å². The zero-order chi connectivity index (χ0) is 12.3. The van der Waals surface area contributed by atoms with Crippen molar-refractivity contribution in [3.05, 3.63) is 29.8 Å². The highest BCUT2D eigenvalue weighted by atomic mass is 16.4. The molecule has 0 spiro atoms. The van der Waals surface area contributed by atoms with Crippen LogP contribution in [0.25, 0.3) is 0 Å². The molecule has 0 bridgehead atoms. The summed E-state index contributed by atoms with van der Waals surface area (Å²) >= 11 is 0. The molecule has 0 unspecified atom stereocenters. The molecular formula is C14H19NO2. The van der Waals surface area contributed by atoms with E-state index < -0.39 is 5.97 Å². The third-order valence-corrected chi connectivity index (χ3v) is 3.17. The van der Waals surface area contributed by atoms with Gasteiger partial charge < -0.3 is 10.0 Å². The van der Waals surface area contributed by atoms with Crippen LogP contribution in [-0.4, -0.2) is 24.2 Å². The average molecular weight is 233 g/mol. The third-order valence-electron chi connectivity index (χ3n) is 3.17. The Morgan fingerprint density at radius 1 is 1.35 bits per heavy atom. The number of benzene rings is 1. The molecule has 0 atom stereocenters. The van der Waals surface area contributed by atoms with Gasteiger partial charge in [-0.2, -0.15) is 0 Å². The van der Waals surface area contributed by atoms with E-state index in [1.807, 2.05) is 0 Å². The fourth-order valence-electron chi connectivity index (χ4n) is 1.92. The van der Waals surface area contributed by atoms with Crippen LogP contribution >= 0.6 is 0 Å². The molecule has 0 heterocycles. The lowest BCUT2D eigenvalue weighted by atomic mass is 10.2. The Hall–Kier alpha value is -1.51. The first-order chi connectivity index (χ1) is 8.15. The van der Waals surface area contributed by atoms with Crippen molar-refractivity contribution in [1.29, 1.82) is 0 Å². The maximum absolute atomic E-state index is 10.7. The van der Waals surface area contributed by atoms with Crippen molar-refractivity contribution in [2.75, 3.05) is 18.0 Å². The number of carbonyl (C=O) groups is 1. The Morgan fingerprint density at radius 2 is 2.00 bits per heavy atom. The molecule has 1 fully saturated rings. The van der Waals surface area contributed by atoms with Crippen molar-refractivity contribution in [2.45, 2.75) is 26.2 Å². The SMILES string of the molecule is Cc1ccc(N(CCC(=O)O)CC2CC2)cc1. The van der Waals surface area contributed by atoms with Crippen LogP contribution in [0.5, 0.6) is 0 Å². The van der Waals surface area contributed by atoms with E-state index >= 15 is 0 Å². The zero-order valence-corrected chi connectivity index (χ0v) is 10.2. The molecule has 0 radical (unpaired) electrons. The Labute approximate surface area is 102 Å². The molecule has 1 aliphatic rings. The minimum Gasteiger partial charge on any atom is -0.481 e. The largest absolute Gasteiger partial charge is 0.481 e. The molecule has 92 valence electrons. The third kappa shape index (κ3) is 3.77. The summed E-state index contributed by atoms with van der Waals surface area (Å²) in [5, 5.41) is 8.78. The maximum atomic E-state index is 10.7. The van der Waals surface area contributed by atoms with Crippen molar-refractivity contribution < 1.29 is 9.90 Å². The number of aliphatic carboxylic acids is 1. The summed E-state index contributed by atoms with van der Waals surface area (Å²) < 4.78 is 0. The Kier molecular flexibility index (Phi) is 3.67. The lowest BCUT2D eigenvalue weighted by molar-refractivity contribution is -0.136. The lowest BCUT2D eigenvalue weighted by Gasteiger charge is -2.24. The highest BCUT2D eigenvalue weighted by Crippen LogP contribution is 2.31. The Bertz CT molecular complexity index is 382. The molecule has 1 aliphatic carbocycles. The minimum absolute atomic E-state index is 0.209. The number of rotatable bonds is 6. The van der Waals surface area contributed by atoms with E-state index in [0.717, 1.165) is 18.2 Å². The number of aryl methyl sites for hydroxylation is 1. The van der Waals surface area contributed by atoms with Crippen molar-refractivity contribution in [3.8, 4) is 0 Å². The summed E-state index contributed by atoms with van der Waals surface area (Å²) in [5.74, 6) is 0.0445. The van der Waals surface area contributed by atoms with E-state index in [4.69, 9.17) is 5.11 Å². The van der Waals surface area contributed by atoms with Gasteiger partial charge in [-0.15, -0.1) is 0 Å². The van der Waals surface area contributed by atoms with E-state index in [2.05, 4.69) is 36.1 Å². The molecule has 1 aromatic carbocycles. The van der Waals surface area contributed by atoms with Crippen LogP contribution in [0.3, 0.4) is 0 Å². The molecule has 0 aliphatic heterocycles. The second-order valence-electron chi connectivity index (χ2n) is 4.87. The molecule has 3 heteroatoms. The van der Waals surface area contributed by atoms with E-state index in [-0.39, 0.29) is 6.42 Å². The monoisotopic (exact) mass is 233 g/mol. The van der Waals surface area contributed by atoms with Gasteiger partial charge in [0.1, 0.15) is 0 Å². The minimum atomic E-state index is -0.724. The van der Waals surface area contributed by atoms with Gasteiger partial charge in [0.15, 0.2) is 0 Å². The standard InChI is InChI=1S/C14H19NO2/c1-11-2-6-13(7-3-11)15(9-8-14(16)17)10-12-4-5-12/h2-3,6-7,12H,4-5,8-10H2,1H3,(H,16,17). The molecule has 17 heavy (non-hydrogen) atoms. The van der Waals surface area contributed by atoms with Crippen molar-refractivity contribution in [3.63, 3.8) is 0 Å². The number of anilines is 1. The highest BCUT2D eigenvalue weighted by Gasteiger charge is 2.24. The quantitative estimate of drug-likeness (QED) is 0.821. The molecule has 2 rings (SSSR count). The molecule has 0 aromatic heterocycles. The van der Waals surface area contributed by atoms with Gasteiger partial charge in [-0.25, -0.2) is 0 Å². The fourth-order valence-corrected chi connectivity index (χ4v) is 1.92. The van der Waals surface area contributed by atoms with Gasteiger partial charge in [0.2, 0.25) is 0 Å². The predicted molar refractivity (Wildman–Crippen MR) is 68.4 cm³/mol. The Balaban J connectivity index is 2.02. The summed E-state index contributed by atoms with van der Waals surface area (Å²) in [6.45, 7) is 3.66. The number of carboxylic acid groups (broad SMARTS) is 1. The van der Waals surface area contributed by atoms with Gasteiger partial charge in [-0.1, -0.05) is 17.7 Å². The highest BCUT2D eigenvalue weighted by molar-refractivity contribution is 5.67. The zero-order valence-electron chi connectivity index (χ0n) is 10.2.